The maximum Gasteiger partial charge on any atom is 0.363 e. The highest BCUT2D eigenvalue weighted by molar-refractivity contribution is 6.12. The Morgan fingerprint density at radius 2 is 1.67 bits per heavy atom. The predicted octanol–water partition coefficient (Wildman–Crippen LogP) is 4.25. The Labute approximate surface area is 158 Å². The van der Waals surface area contributed by atoms with Gasteiger partial charge in [-0.05, 0) is 46.9 Å². The van der Waals surface area contributed by atoms with E-state index in [-0.39, 0.29) is 17.1 Å². The molecule has 0 fully saturated rings. The highest BCUT2D eigenvalue weighted by Crippen LogP contribution is 2.24. The van der Waals surface area contributed by atoms with Crippen molar-refractivity contribution in [3.8, 4) is 5.75 Å². The van der Waals surface area contributed by atoms with E-state index in [0.717, 1.165) is 11.1 Å². The molecule has 0 atom stereocenters. The van der Waals surface area contributed by atoms with Gasteiger partial charge in [-0.2, -0.15) is 0 Å². The van der Waals surface area contributed by atoms with Crippen LogP contribution in [-0.2, 0) is 19.7 Å². The minimum atomic E-state index is -0.492. The van der Waals surface area contributed by atoms with Crippen molar-refractivity contribution in [1.82, 2.24) is 0 Å². The van der Waals surface area contributed by atoms with Crippen molar-refractivity contribution >= 4 is 23.9 Å². The minimum absolute atomic E-state index is 0.0516. The molecule has 0 N–H and O–H groups in total. The highest BCUT2D eigenvalue weighted by Gasteiger charge is 2.24. The smallest absolute Gasteiger partial charge is 0.363 e. The standard InChI is InChI=1S/C22H21NO4/c1-14(24)26-18-11-5-15(6-12-18)13-19-21(25)27-20(23-19)16-7-9-17(10-8-16)22(2,3)4/h5-13H,1-4H3/b19-13+. The van der Waals surface area contributed by atoms with Crippen LogP contribution >= 0.6 is 0 Å². The van der Waals surface area contributed by atoms with Crippen molar-refractivity contribution in [2.75, 3.05) is 0 Å². The van der Waals surface area contributed by atoms with Crippen molar-refractivity contribution in [2.24, 2.45) is 4.99 Å². The maximum atomic E-state index is 12.1. The number of benzene rings is 2. The van der Waals surface area contributed by atoms with Gasteiger partial charge in [0, 0.05) is 12.5 Å². The van der Waals surface area contributed by atoms with E-state index in [1.54, 1.807) is 30.3 Å². The maximum absolute atomic E-state index is 12.1. The fraction of sp³-hybridized carbons (Fsp3) is 0.227. The summed E-state index contributed by atoms with van der Waals surface area (Å²) in [5.74, 6) is -0.133. The van der Waals surface area contributed by atoms with E-state index in [4.69, 9.17) is 9.47 Å². The summed E-state index contributed by atoms with van der Waals surface area (Å²) in [5, 5.41) is 0. The molecule has 5 heteroatoms. The molecule has 5 nitrogen and oxygen atoms in total. The molecule has 0 bridgehead atoms. The molecule has 0 radical (unpaired) electrons. The number of hydrogen-bond acceptors (Lipinski definition) is 5. The van der Waals surface area contributed by atoms with Gasteiger partial charge in [-0.15, -0.1) is 0 Å². The second-order valence-electron chi connectivity index (χ2n) is 7.33. The van der Waals surface area contributed by atoms with E-state index in [9.17, 15) is 9.59 Å². The Morgan fingerprint density at radius 3 is 2.22 bits per heavy atom. The molecule has 1 heterocycles. The first-order valence-corrected chi connectivity index (χ1v) is 8.64. The summed E-state index contributed by atoms with van der Waals surface area (Å²) in [6.45, 7) is 7.77. The minimum Gasteiger partial charge on any atom is -0.427 e. The molecule has 0 saturated heterocycles. The van der Waals surface area contributed by atoms with E-state index in [2.05, 4.69) is 25.8 Å². The summed E-state index contributed by atoms with van der Waals surface area (Å²) in [4.78, 5) is 27.4. The van der Waals surface area contributed by atoms with E-state index >= 15 is 0 Å². The lowest BCUT2D eigenvalue weighted by atomic mass is 9.87. The first-order chi connectivity index (χ1) is 12.7. The van der Waals surface area contributed by atoms with Crippen LogP contribution in [-0.4, -0.2) is 17.8 Å². The Balaban J connectivity index is 1.81. The zero-order valence-corrected chi connectivity index (χ0v) is 15.8. The van der Waals surface area contributed by atoms with Gasteiger partial charge in [-0.1, -0.05) is 45.0 Å². The van der Waals surface area contributed by atoms with E-state index < -0.39 is 5.97 Å². The summed E-state index contributed by atoms with van der Waals surface area (Å²) in [5.41, 5.74) is 2.98. The van der Waals surface area contributed by atoms with Crippen LogP contribution in [0, 0.1) is 0 Å². The first kappa shape index (κ1) is 18.6. The molecule has 2 aromatic carbocycles. The van der Waals surface area contributed by atoms with Gasteiger partial charge in [-0.25, -0.2) is 9.79 Å². The molecule has 1 aliphatic rings. The number of ether oxygens (including phenoxy) is 2. The molecule has 2 aromatic rings. The van der Waals surface area contributed by atoms with Crippen molar-refractivity contribution in [3.63, 3.8) is 0 Å². The summed E-state index contributed by atoms with van der Waals surface area (Å²) in [6, 6.07) is 14.6. The number of cyclic esters (lactones) is 1. The molecule has 138 valence electrons. The molecule has 0 spiro atoms. The van der Waals surface area contributed by atoms with Crippen LogP contribution in [0.5, 0.6) is 5.75 Å². The fourth-order valence-electron chi connectivity index (χ4n) is 2.60. The largest absolute Gasteiger partial charge is 0.427 e. The van der Waals surface area contributed by atoms with Gasteiger partial charge in [0.1, 0.15) is 5.75 Å². The van der Waals surface area contributed by atoms with Gasteiger partial charge < -0.3 is 9.47 Å². The highest BCUT2D eigenvalue weighted by atomic mass is 16.6. The fourth-order valence-corrected chi connectivity index (χ4v) is 2.60. The summed E-state index contributed by atoms with van der Waals surface area (Å²) in [7, 11) is 0. The van der Waals surface area contributed by atoms with Crippen LogP contribution in [0.3, 0.4) is 0 Å². The van der Waals surface area contributed by atoms with E-state index in [1.807, 2.05) is 24.3 Å². The normalized spacial score (nSPS) is 15.5. The third-order valence-corrected chi connectivity index (χ3v) is 4.06. The Kier molecular flexibility index (Phi) is 4.95. The van der Waals surface area contributed by atoms with Gasteiger partial charge >= 0.3 is 11.9 Å². The number of rotatable bonds is 3. The zero-order chi connectivity index (χ0) is 19.6. The summed E-state index contributed by atoms with van der Waals surface area (Å²) < 4.78 is 10.3. The molecule has 3 rings (SSSR count). The number of hydrogen-bond donors (Lipinski definition) is 0. The second-order valence-corrected chi connectivity index (χ2v) is 7.33. The molecule has 0 saturated carbocycles. The zero-order valence-electron chi connectivity index (χ0n) is 15.8. The van der Waals surface area contributed by atoms with Gasteiger partial charge in [-0.3, -0.25) is 4.79 Å². The third-order valence-electron chi connectivity index (χ3n) is 4.06. The quantitative estimate of drug-likeness (QED) is 0.464. The molecule has 0 aromatic heterocycles. The topological polar surface area (TPSA) is 65.0 Å². The molecular formula is C22H21NO4. The summed E-state index contributed by atoms with van der Waals surface area (Å²) in [6.07, 6.45) is 1.64. The van der Waals surface area contributed by atoms with Crippen molar-refractivity contribution in [3.05, 3.63) is 70.9 Å². The van der Waals surface area contributed by atoms with E-state index in [1.165, 1.54) is 12.5 Å². The average Bonchev–Trinajstić information content (AvgIpc) is 2.96. The number of carbonyl (C=O) groups is 2. The van der Waals surface area contributed by atoms with Crippen LogP contribution in [0.2, 0.25) is 0 Å². The molecule has 0 unspecified atom stereocenters. The van der Waals surface area contributed by atoms with Crippen molar-refractivity contribution in [2.45, 2.75) is 33.1 Å². The van der Waals surface area contributed by atoms with Crippen molar-refractivity contribution < 1.29 is 19.1 Å². The van der Waals surface area contributed by atoms with Gasteiger partial charge in [0.15, 0.2) is 5.70 Å². The number of carbonyl (C=O) groups excluding carboxylic acids is 2. The van der Waals surface area contributed by atoms with Crippen LogP contribution in [0.4, 0.5) is 0 Å². The Hall–Kier alpha value is -3.21. The second kappa shape index (κ2) is 7.19. The molecule has 27 heavy (non-hydrogen) atoms. The molecule has 0 amide bonds. The number of aliphatic imine (C=N–C) groups is 1. The molecule has 1 aliphatic heterocycles. The average molecular weight is 363 g/mol. The van der Waals surface area contributed by atoms with E-state index in [0.29, 0.717) is 11.6 Å². The van der Waals surface area contributed by atoms with Crippen LogP contribution in [0.15, 0.2) is 59.2 Å². The lowest BCUT2D eigenvalue weighted by Gasteiger charge is -2.18. The first-order valence-electron chi connectivity index (χ1n) is 8.64. The lowest BCUT2D eigenvalue weighted by molar-refractivity contribution is -0.132. The Morgan fingerprint density at radius 1 is 1.04 bits per heavy atom. The SMILES string of the molecule is CC(=O)Oc1ccc(/C=C2/N=C(c3ccc(C(C)(C)C)cc3)OC2=O)cc1. The van der Waals surface area contributed by atoms with Crippen molar-refractivity contribution in [1.29, 1.82) is 0 Å². The number of esters is 2. The van der Waals surface area contributed by atoms with Gasteiger partial charge in [0.05, 0.1) is 0 Å². The van der Waals surface area contributed by atoms with Crippen LogP contribution in [0.25, 0.3) is 6.08 Å². The molecular weight excluding hydrogens is 342 g/mol. The monoisotopic (exact) mass is 363 g/mol. The molecule has 0 aliphatic carbocycles. The summed E-state index contributed by atoms with van der Waals surface area (Å²) >= 11 is 0. The third kappa shape index (κ3) is 4.50. The Bertz CT molecular complexity index is 930. The lowest BCUT2D eigenvalue weighted by Crippen LogP contribution is -2.11. The van der Waals surface area contributed by atoms with Crippen LogP contribution in [0.1, 0.15) is 44.4 Å². The number of nitrogens with zero attached hydrogens (tertiary/aromatic N) is 1. The van der Waals surface area contributed by atoms with Crippen LogP contribution < -0.4 is 4.74 Å². The predicted molar refractivity (Wildman–Crippen MR) is 103 cm³/mol. The van der Waals surface area contributed by atoms with Gasteiger partial charge in [0.2, 0.25) is 5.90 Å². The van der Waals surface area contributed by atoms with Gasteiger partial charge in [0.25, 0.3) is 0 Å².